The summed E-state index contributed by atoms with van der Waals surface area (Å²) in [5.74, 6) is -0.887. The maximum absolute atomic E-state index is 11.5. The fourth-order valence-corrected chi connectivity index (χ4v) is 1.59. The number of nitrogens with zero attached hydrogens (tertiary/aromatic N) is 1. The van der Waals surface area contributed by atoms with Crippen molar-refractivity contribution in [2.45, 2.75) is 6.10 Å². The Morgan fingerprint density at radius 3 is 3.12 bits per heavy atom. The lowest BCUT2D eigenvalue weighted by Gasteiger charge is -2.22. The van der Waals surface area contributed by atoms with E-state index >= 15 is 0 Å². The molecule has 1 unspecified atom stereocenters. The number of carbonyl (C=O) groups excluding carboxylic acids is 1. The third kappa shape index (κ3) is 2.62. The fourth-order valence-electron chi connectivity index (χ4n) is 1.28. The summed E-state index contributed by atoms with van der Waals surface area (Å²) in [4.78, 5) is 25.8. The van der Waals surface area contributed by atoms with Gasteiger partial charge in [0.1, 0.15) is 0 Å². The number of pyridine rings is 1. The molecule has 1 aliphatic rings. The minimum absolute atomic E-state index is 0.318. The number of nitrogens with one attached hydrogen (secondary N) is 1. The third-order valence-corrected chi connectivity index (χ3v) is 2.42. The molecule has 2 N–H and O–H groups in total. The molecule has 1 amide bonds. The van der Waals surface area contributed by atoms with E-state index in [0.717, 1.165) is 6.08 Å². The number of amides is 1. The highest BCUT2D eigenvalue weighted by molar-refractivity contribution is 9.10. The topological polar surface area (TPSA) is 88.5 Å². The number of anilines is 1. The first-order chi connectivity index (χ1) is 8.06. The Kier molecular flexibility index (Phi) is 3.10. The van der Waals surface area contributed by atoms with Gasteiger partial charge in [0.2, 0.25) is 0 Å². The predicted octanol–water partition coefficient (Wildman–Crippen LogP) is 1.18. The van der Waals surface area contributed by atoms with Crippen LogP contribution in [-0.2, 0) is 9.59 Å². The second-order valence-electron chi connectivity index (χ2n) is 3.23. The van der Waals surface area contributed by atoms with Gasteiger partial charge < -0.3 is 15.2 Å². The number of carboxylic acids is 1. The first-order valence-electron chi connectivity index (χ1n) is 4.60. The molecular weight excluding hydrogens is 292 g/mol. The molecular formula is C10H7BrN2O4. The largest absolute Gasteiger partial charge is 0.478 e. The molecule has 0 bridgehead atoms. The average Bonchev–Trinajstić information content (AvgIpc) is 2.26. The van der Waals surface area contributed by atoms with Crippen molar-refractivity contribution in [2.24, 2.45) is 0 Å². The van der Waals surface area contributed by atoms with Gasteiger partial charge in [-0.05, 0) is 28.1 Å². The van der Waals surface area contributed by atoms with Gasteiger partial charge in [-0.25, -0.2) is 9.78 Å². The molecule has 0 saturated carbocycles. The Balaban J connectivity index is 2.25. The maximum atomic E-state index is 11.5. The predicted molar refractivity (Wildman–Crippen MR) is 61.8 cm³/mol. The highest BCUT2D eigenvalue weighted by Crippen LogP contribution is 2.30. The zero-order valence-corrected chi connectivity index (χ0v) is 9.97. The molecule has 1 atom stereocenters. The van der Waals surface area contributed by atoms with Crippen molar-refractivity contribution in [3.63, 3.8) is 0 Å². The fraction of sp³-hybridized carbons (Fsp3) is 0.100. The number of hydrogen-bond acceptors (Lipinski definition) is 4. The van der Waals surface area contributed by atoms with Gasteiger partial charge in [0.25, 0.3) is 5.91 Å². The van der Waals surface area contributed by atoms with Gasteiger partial charge >= 0.3 is 5.97 Å². The summed E-state index contributed by atoms with van der Waals surface area (Å²) in [5, 5.41) is 11.0. The molecule has 0 aliphatic carbocycles. The van der Waals surface area contributed by atoms with Crippen molar-refractivity contribution in [1.82, 2.24) is 4.98 Å². The Bertz CT molecular complexity index is 515. The zero-order chi connectivity index (χ0) is 12.4. The number of fused-ring (bicyclic) bond motifs is 1. The molecule has 0 aromatic carbocycles. The van der Waals surface area contributed by atoms with Crippen molar-refractivity contribution in [3.8, 4) is 5.75 Å². The first kappa shape index (κ1) is 11.6. The molecule has 1 aliphatic heterocycles. The zero-order valence-electron chi connectivity index (χ0n) is 8.38. The van der Waals surface area contributed by atoms with Crippen LogP contribution < -0.4 is 10.1 Å². The maximum Gasteiger partial charge on any atom is 0.328 e. The lowest BCUT2D eigenvalue weighted by Crippen LogP contribution is -2.36. The number of halogens is 1. The summed E-state index contributed by atoms with van der Waals surface area (Å²) in [5.41, 5.74) is 0. The van der Waals surface area contributed by atoms with Crippen LogP contribution in [0.5, 0.6) is 5.75 Å². The Hall–Kier alpha value is -1.89. The van der Waals surface area contributed by atoms with Crippen LogP contribution in [0.2, 0.25) is 0 Å². The van der Waals surface area contributed by atoms with Gasteiger partial charge in [0.15, 0.2) is 17.7 Å². The normalized spacial score (nSPS) is 18.4. The van der Waals surface area contributed by atoms with E-state index in [1.165, 1.54) is 12.3 Å². The molecule has 2 heterocycles. The monoisotopic (exact) mass is 298 g/mol. The van der Waals surface area contributed by atoms with Gasteiger partial charge in [-0.1, -0.05) is 0 Å². The van der Waals surface area contributed by atoms with Crippen LogP contribution in [-0.4, -0.2) is 28.1 Å². The van der Waals surface area contributed by atoms with Crippen LogP contribution in [0.1, 0.15) is 0 Å². The van der Waals surface area contributed by atoms with Gasteiger partial charge in [0, 0.05) is 16.7 Å². The van der Waals surface area contributed by atoms with Gasteiger partial charge in [-0.15, -0.1) is 0 Å². The van der Waals surface area contributed by atoms with E-state index in [9.17, 15) is 9.59 Å². The van der Waals surface area contributed by atoms with Gasteiger partial charge in [-0.2, -0.15) is 0 Å². The highest BCUT2D eigenvalue weighted by atomic mass is 79.9. The molecule has 17 heavy (non-hydrogen) atoms. The number of carboxylic acid groups (broad SMARTS) is 1. The molecule has 1 aromatic rings. The van der Waals surface area contributed by atoms with Crippen LogP contribution in [0.3, 0.4) is 0 Å². The van der Waals surface area contributed by atoms with Crippen LogP contribution >= 0.6 is 15.9 Å². The van der Waals surface area contributed by atoms with Crippen LogP contribution in [0.25, 0.3) is 0 Å². The van der Waals surface area contributed by atoms with Crippen molar-refractivity contribution in [3.05, 3.63) is 28.9 Å². The van der Waals surface area contributed by atoms with Crippen molar-refractivity contribution < 1.29 is 19.4 Å². The second kappa shape index (κ2) is 4.54. The molecule has 0 saturated heterocycles. The molecule has 2 rings (SSSR count). The molecule has 7 heteroatoms. The lowest BCUT2D eigenvalue weighted by molar-refractivity contribution is -0.131. The van der Waals surface area contributed by atoms with Gasteiger partial charge in [-0.3, -0.25) is 4.79 Å². The quantitative estimate of drug-likeness (QED) is 0.801. The number of rotatable bonds is 2. The number of carbonyl (C=O) groups is 2. The van der Waals surface area contributed by atoms with Crippen molar-refractivity contribution in [2.75, 3.05) is 5.32 Å². The van der Waals surface area contributed by atoms with E-state index in [4.69, 9.17) is 9.84 Å². The summed E-state index contributed by atoms with van der Waals surface area (Å²) >= 11 is 3.22. The van der Waals surface area contributed by atoms with Crippen LogP contribution in [0.4, 0.5) is 5.82 Å². The smallest absolute Gasteiger partial charge is 0.328 e. The van der Waals surface area contributed by atoms with E-state index in [2.05, 4.69) is 26.2 Å². The third-order valence-electron chi connectivity index (χ3n) is 1.99. The number of hydrogen-bond donors (Lipinski definition) is 2. The SMILES string of the molecule is O=C(O)/C=C/C1Oc2cc(Br)cnc2NC1=O. The molecule has 6 nitrogen and oxygen atoms in total. The molecule has 1 aromatic heterocycles. The van der Waals surface area contributed by atoms with Crippen molar-refractivity contribution in [1.29, 1.82) is 0 Å². The second-order valence-corrected chi connectivity index (χ2v) is 4.14. The summed E-state index contributed by atoms with van der Waals surface area (Å²) in [6.07, 6.45) is 2.59. The van der Waals surface area contributed by atoms with E-state index in [-0.39, 0.29) is 0 Å². The molecule has 0 fully saturated rings. The van der Waals surface area contributed by atoms with Crippen molar-refractivity contribution >= 4 is 33.6 Å². The van der Waals surface area contributed by atoms with E-state index in [1.54, 1.807) is 6.07 Å². The van der Waals surface area contributed by atoms with E-state index < -0.39 is 18.0 Å². The minimum atomic E-state index is -1.14. The van der Waals surface area contributed by atoms with Crippen LogP contribution in [0, 0.1) is 0 Å². The van der Waals surface area contributed by atoms with Gasteiger partial charge in [0.05, 0.1) is 0 Å². The van der Waals surface area contributed by atoms with E-state index in [1.807, 2.05) is 0 Å². The standard InChI is InChI=1S/C10H7BrN2O4/c11-5-3-7-9(12-4-5)13-10(16)6(17-7)1-2-8(14)15/h1-4,6H,(H,14,15)(H,12,13,16)/b2-1+. The average molecular weight is 299 g/mol. The summed E-state index contributed by atoms with van der Waals surface area (Å²) in [6, 6.07) is 1.64. The highest BCUT2D eigenvalue weighted by Gasteiger charge is 2.26. The summed E-state index contributed by atoms with van der Waals surface area (Å²) in [7, 11) is 0. The molecule has 0 spiro atoms. The Labute approximate surface area is 104 Å². The number of ether oxygens (including phenoxy) is 1. The summed E-state index contributed by atoms with van der Waals surface area (Å²) < 4.78 is 6.02. The van der Waals surface area contributed by atoms with E-state index in [0.29, 0.717) is 16.0 Å². The Morgan fingerprint density at radius 1 is 1.65 bits per heavy atom. The number of aromatic nitrogens is 1. The van der Waals surface area contributed by atoms with Crippen LogP contribution in [0.15, 0.2) is 28.9 Å². The lowest BCUT2D eigenvalue weighted by atomic mass is 10.2. The molecule has 0 radical (unpaired) electrons. The summed E-state index contributed by atoms with van der Waals surface area (Å²) in [6.45, 7) is 0. The first-order valence-corrected chi connectivity index (χ1v) is 5.40. The number of aliphatic carboxylic acids is 1. The molecule has 88 valence electrons. The minimum Gasteiger partial charge on any atom is -0.478 e. The Morgan fingerprint density at radius 2 is 2.41 bits per heavy atom.